The van der Waals surface area contributed by atoms with Crippen molar-refractivity contribution in [3.63, 3.8) is 0 Å². The molecule has 1 N–H and O–H groups in total. The predicted molar refractivity (Wildman–Crippen MR) is 104 cm³/mol. The van der Waals surface area contributed by atoms with Crippen molar-refractivity contribution in [3.8, 4) is 5.75 Å². The Morgan fingerprint density at radius 2 is 1.93 bits per heavy atom. The van der Waals surface area contributed by atoms with Gasteiger partial charge in [-0.15, -0.1) is 0 Å². The van der Waals surface area contributed by atoms with Crippen molar-refractivity contribution in [2.75, 3.05) is 19.7 Å². The molecule has 6 nitrogen and oxygen atoms in total. The second-order valence-electron chi connectivity index (χ2n) is 6.93. The fraction of sp³-hybridized carbons (Fsp3) is 0.350. The molecule has 0 spiro atoms. The summed E-state index contributed by atoms with van der Waals surface area (Å²) in [6.07, 6.45) is 1.06. The molecule has 0 bridgehead atoms. The number of aromatic nitrogens is 2. The fourth-order valence-electron chi connectivity index (χ4n) is 3.58. The lowest BCUT2D eigenvalue weighted by Crippen LogP contribution is -2.46. The van der Waals surface area contributed by atoms with Gasteiger partial charge in [-0.1, -0.05) is 24.3 Å². The molecule has 1 aliphatic heterocycles. The van der Waals surface area contributed by atoms with Crippen LogP contribution < -0.4 is 4.74 Å². The molecule has 1 fully saturated rings. The van der Waals surface area contributed by atoms with Gasteiger partial charge in [0.15, 0.2) is 6.61 Å². The van der Waals surface area contributed by atoms with E-state index < -0.39 is 5.60 Å². The summed E-state index contributed by atoms with van der Waals surface area (Å²) in [5.74, 6) is 0.537. The van der Waals surface area contributed by atoms with Crippen LogP contribution in [0.25, 0.3) is 11.0 Å². The van der Waals surface area contributed by atoms with E-state index >= 15 is 0 Å². The molecule has 2 aromatic carbocycles. The first-order valence-electron chi connectivity index (χ1n) is 8.96. The summed E-state index contributed by atoms with van der Waals surface area (Å²) in [5, 5.41) is 11.0. The molecule has 0 saturated carbocycles. The number of ether oxygens (including phenoxy) is 1. The number of likely N-dealkylation sites (tertiary alicyclic amines) is 1. The molecule has 1 aliphatic rings. The van der Waals surface area contributed by atoms with E-state index in [2.05, 4.69) is 8.75 Å². The summed E-state index contributed by atoms with van der Waals surface area (Å²) in [6, 6.07) is 13.3. The normalized spacial score (nSPS) is 16.4. The average molecular weight is 383 g/mol. The maximum absolute atomic E-state index is 12.5. The SMILES string of the molecule is Cc1ccccc1C1(O)CCN(C(=O)COc2ccc3nsnc3c2)CC1. The number of carbonyl (C=O) groups is 1. The topological polar surface area (TPSA) is 75.5 Å². The number of hydrogen-bond donors (Lipinski definition) is 1. The summed E-state index contributed by atoms with van der Waals surface area (Å²) < 4.78 is 14.0. The smallest absolute Gasteiger partial charge is 0.260 e. The van der Waals surface area contributed by atoms with E-state index in [1.165, 1.54) is 0 Å². The average Bonchev–Trinajstić information content (AvgIpc) is 3.15. The summed E-state index contributed by atoms with van der Waals surface area (Å²) in [7, 11) is 0. The highest BCUT2D eigenvalue weighted by atomic mass is 32.1. The van der Waals surface area contributed by atoms with Crippen molar-refractivity contribution >= 4 is 28.7 Å². The highest BCUT2D eigenvalue weighted by Gasteiger charge is 2.36. The van der Waals surface area contributed by atoms with Crippen molar-refractivity contribution in [3.05, 3.63) is 53.6 Å². The maximum Gasteiger partial charge on any atom is 0.260 e. The zero-order chi connectivity index (χ0) is 18.9. The summed E-state index contributed by atoms with van der Waals surface area (Å²) in [6.45, 7) is 3.02. The van der Waals surface area contributed by atoms with Gasteiger partial charge in [0.2, 0.25) is 0 Å². The molecule has 3 aromatic rings. The molecular weight excluding hydrogens is 362 g/mol. The Bertz CT molecular complexity index is 964. The number of rotatable bonds is 4. The van der Waals surface area contributed by atoms with E-state index in [0.29, 0.717) is 31.7 Å². The van der Waals surface area contributed by atoms with Crippen LogP contribution in [0, 0.1) is 6.92 Å². The molecule has 2 heterocycles. The lowest BCUT2D eigenvalue weighted by molar-refractivity contribution is -0.137. The molecule has 7 heteroatoms. The highest BCUT2D eigenvalue weighted by Crippen LogP contribution is 2.34. The molecule has 27 heavy (non-hydrogen) atoms. The van der Waals surface area contributed by atoms with E-state index in [1.807, 2.05) is 37.3 Å². The Labute approximate surface area is 161 Å². The lowest BCUT2D eigenvalue weighted by Gasteiger charge is -2.39. The van der Waals surface area contributed by atoms with Gasteiger partial charge in [0.25, 0.3) is 5.91 Å². The van der Waals surface area contributed by atoms with Crippen LogP contribution in [0.2, 0.25) is 0 Å². The van der Waals surface area contributed by atoms with Crippen LogP contribution in [-0.2, 0) is 10.4 Å². The van der Waals surface area contributed by atoms with Gasteiger partial charge in [-0.05, 0) is 43.0 Å². The number of aryl methyl sites for hydroxylation is 1. The molecule has 0 aliphatic carbocycles. The second kappa shape index (κ2) is 7.25. The van der Waals surface area contributed by atoms with Crippen LogP contribution >= 0.6 is 11.7 Å². The summed E-state index contributed by atoms with van der Waals surface area (Å²) in [4.78, 5) is 14.3. The Balaban J connectivity index is 1.35. The fourth-order valence-corrected chi connectivity index (χ4v) is 4.10. The van der Waals surface area contributed by atoms with Crippen molar-refractivity contribution in [1.29, 1.82) is 0 Å². The summed E-state index contributed by atoms with van der Waals surface area (Å²) in [5.41, 5.74) is 2.76. The van der Waals surface area contributed by atoms with Crippen molar-refractivity contribution in [2.45, 2.75) is 25.4 Å². The molecular formula is C20H21N3O3S. The van der Waals surface area contributed by atoms with Gasteiger partial charge in [0.1, 0.15) is 16.8 Å². The number of carbonyl (C=O) groups excluding carboxylic acids is 1. The molecule has 140 valence electrons. The molecule has 1 amide bonds. The Morgan fingerprint density at radius 1 is 1.19 bits per heavy atom. The third-order valence-corrected chi connectivity index (χ3v) is 5.73. The molecule has 0 unspecified atom stereocenters. The number of piperidine rings is 1. The first-order valence-corrected chi connectivity index (χ1v) is 9.70. The maximum atomic E-state index is 12.5. The minimum Gasteiger partial charge on any atom is -0.484 e. The number of amides is 1. The minimum atomic E-state index is -0.869. The zero-order valence-corrected chi connectivity index (χ0v) is 15.9. The first-order chi connectivity index (χ1) is 13.0. The largest absolute Gasteiger partial charge is 0.484 e. The summed E-state index contributed by atoms with van der Waals surface area (Å²) >= 11 is 1.15. The van der Waals surface area contributed by atoms with Crippen LogP contribution in [0.3, 0.4) is 0 Å². The van der Waals surface area contributed by atoms with Gasteiger partial charge in [-0.3, -0.25) is 4.79 Å². The Morgan fingerprint density at radius 3 is 2.70 bits per heavy atom. The highest BCUT2D eigenvalue weighted by molar-refractivity contribution is 7.00. The van der Waals surface area contributed by atoms with E-state index in [-0.39, 0.29) is 12.5 Å². The van der Waals surface area contributed by atoms with Gasteiger partial charge >= 0.3 is 0 Å². The number of hydrogen-bond acceptors (Lipinski definition) is 6. The molecule has 1 aromatic heterocycles. The van der Waals surface area contributed by atoms with E-state index in [0.717, 1.165) is 33.9 Å². The van der Waals surface area contributed by atoms with Crippen LogP contribution in [0.5, 0.6) is 5.75 Å². The second-order valence-corrected chi connectivity index (χ2v) is 7.46. The molecule has 0 radical (unpaired) electrons. The van der Waals surface area contributed by atoms with E-state index in [9.17, 15) is 9.90 Å². The van der Waals surface area contributed by atoms with Crippen molar-refractivity contribution < 1.29 is 14.6 Å². The Kier molecular flexibility index (Phi) is 4.80. The van der Waals surface area contributed by atoms with Gasteiger partial charge < -0.3 is 14.7 Å². The molecule has 4 rings (SSSR count). The molecule has 1 saturated heterocycles. The van der Waals surface area contributed by atoms with Crippen LogP contribution in [0.4, 0.5) is 0 Å². The zero-order valence-electron chi connectivity index (χ0n) is 15.1. The first kappa shape index (κ1) is 17.9. The number of benzene rings is 2. The van der Waals surface area contributed by atoms with Crippen LogP contribution in [-0.4, -0.2) is 44.4 Å². The van der Waals surface area contributed by atoms with Crippen LogP contribution in [0.15, 0.2) is 42.5 Å². The standard InChI is InChI=1S/C20H21N3O3S/c1-14-4-2-3-5-16(14)20(25)8-10-23(11-9-20)19(24)13-26-15-6-7-17-18(12-15)22-27-21-17/h2-7,12,25H,8-11,13H2,1H3. The van der Waals surface area contributed by atoms with Gasteiger partial charge in [-0.25, -0.2) is 0 Å². The van der Waals surface area contributed by atoms with E-state index in [1.54, 1.807) is 17.0 Å². The third-order valence-electron chi connectivity index (χ3n) is 5.18. The van der Waals surface area contributed by atoms with Gasteiger partial charge in [-0.2, -0.15) is 8.75 Å². The minimum absolute atomic E-state index is 0.0220. The van der Waals surface area contributed by atoms with E-state index in [4.69, 9.17) is 4.74 Å². The Hall–Kier alpha value is -2.51. The van der Waals surface area contributed by atoms with Crippen molar-refractivity contribution in [2.24, 2.45) is 0 Å². The lowest BCUT2D eigenvalue weighted by atomic mass is 9.82. The number of nitrogens with zero attached hydrogens (tertiary/aromatic N) is 3. The number of aliphatic hydroxyl groups is 1. The van der Waals surface area contributed by atoms with Gasteiger partial charge in [0, 0.05) is 19.2 Å². The predicted octanol–water partition coefficient (Wildman–Crippen LogP) is 2.89. The van der Waals surface area contributed by atoms with Gasteiger partial charge in [0.05, 0.1) is 17.3 Å². The third kappa shape index (κ3) is 3.65. The number of fused-ring (bicyclic) bond motifs is 1. The molecule has 0 atom stereocenters. The van der Waals surface area contributed by atoms with Crippen molar-refractivity contribution in [1.82, 2.24) is 13.6 Å². The van der Waals surface area contributed by atoms with Crippen LogP contribution in [0.1, 0.15) is 24.0 Å². The monoisotopic (exact) mass is 383 g/mol. The quantitative estimate of drug-likeness (QED) is 0.750.